The van der Waals surface area contributed by atoms with Crippen molar-refractivity contribution in [2.24, 2.45) is 15.7 Å². The van der Waals surface area contributed by atoms with Crippen molar-refractivity contribution in [2.45, 2.75) is 37.8 Å². The minimum absolute atomic E-state index is 0. The molecule has 1 aromatic carbocycles. The summed E-state index contributed by atoms with van der Waals surface area (Å²) in [6, 6.07) is 7.95. The number of nitrogens with zero attached hydrogens (tertiary/aromatic N) is 2. The van der Waals surface area contributed by atoms with Crippen molar-refractivity contribution in [3.8, 4) is 0 Å². The van der Waals surface area contributed by atoms with Crippen LogP contribution >= 0.6 is 15.9 Å². The second-order valence-corrected chi connectivity index (χ2v) is 6.17. The standard InChI is InChI=1S/C14H18BrN5.ClH/c15-10-4-6-11(7-5-10)17-13-18-12(16)19-14(20-13)8-2-1-3-9-14;/h4-7H,1-3,8-9H2,(H4,16,17,18,19,20);1H/p-1. The Bertz CT molecular complexity index is 549. The lowest BCUT2D eigenvalue weighted by Gasteiger charge is -2.34. The maximum absolute atomic E-state index is 5.92. The molecule has 1 spiro atoms. The minimum atomic E-state index is -0.356. The van der Waals surface area contributed by atoms with Crippen LogP contribution < -0.4 is 28.8 Å². The van der Waals surface area contributed by atoms with E-state index in [1.54, 1.807) is 0 Å². The van der Waals surface area contributed by atoms with Gasteiger partial charge in [0.2, 0.25) is 5.96 Å². The van der Waals surface area contributed by atoms with E-state index in [-0.39, 0.29) is 18.1 Å². The highest BCUT2D eigenvalue weighted by Crippen LogP contribution is 2.34. The molecule has 1 aromatic rings. The highest BCUT2D eigenvalue weighted by Gasteiger charge is 2.34. The molecular formula is C14H18BrClN5-. The molecule has 1 saturated carbocycles. The maximum Gasteiger partial charge on any atom is 0.205 e. The number of guanidine groups is 2. The summed E-state index contributed by atoms with van der Waals surface area (Å²) in [5.74, 6) is 1.13. The first-order valence-corrected chi connectivity index (χ1v) is 7.69. The minimum Gasteiger partial charge on any atom is -1.00 e. The fourth-order valence-corrected chi connectivity index (χ4v) is 2.97. The predicted molar refractivity (Wildman–Crippen MR) is 85.8 cm³/mol. The number of anilines is 1. The first kappa shape index (κ1) is 16.1. The van der Waals surface area contributed by atoms with Gasteiger partial charge in [-0.1, -0.05) is 22.4 Å². The molecule has 1 aliphatic carbocycles. The summed E-state index contributed by atoms with van der Waals surface area (Å²) in [6.45, 7) is 0. The Labute approximate surface area is 139 Å². The molecule has 2 aliphatic rings. The van der Waals surface area contributed by atoms with E-state index in [1.807, 2.05) is 24.3 Å². The second kappa shape index (κ2) is 6.66. The molecule has 5 nitrogen and oxygen atoms in total. The first-order chi connectivity index (χ1) is 9.65. The molecule has 4 N–H and O–H groups in total. The smallest absolute Gasteiger partial charge is 0.205 e. The van der Waals surface area contributed by atoms with Crippen LogP contribution in [0.2, 0.25) is 0 Å². The van der Waals surface area contributed by atoms with Crippen LogP contribution in [0.25, 0.3) is 0 Å². The third-order valence-electron chi connectivity index (χ3n) is 3.66. The van der Waals surface area contributed by atoms with E-state index in [9.17, 15) is 0 Å². The van der Waals surface area contributed by atoms with E-state index in [0.29, 0.717) is 11.9 Å². The van der Waals surface area contributed by atoms with Gasteiger partial charge in [0.1, 0.15) is 0 Å². The third-order valence-corrected chi connectivity index (χ3v) is 4.18. The normalized spacial score (nSPS) is 19.9. The Balaban J connectivity index is 0.00000161. The monoisotopic (exact) mass is 370 g/mol. The number of halogens is 2. The number of hydrogen-bond acceptors (Lipinski definition) is 5. The van der Waals surface area contributed by atoms with Gasteiger partial charge in [-0.15, -0.1) is 0 Å². The van der Waals surface area contributed by atoms with Crippen molar-refractivity contribution >= 4 is 33.5 Å². The van der Waals surface area contributed by atoms with Crippen molar-refractivity contribution < 1.29 is 12.4 Å². The quantitative estimate of drug-likeness (QED) is 0.640. The van der Waals surface area contributed by atoms with Gasteiger partial charge in [-0.25, -0.2) is 9.98 Å². The van der Waals surface area contributed by atoms with Gasteiger partial charge >= 0.3 is 0 Å². The zero-order chi connectivity index (χ0) is 14.0. The zero-order valence-electron chi connectivity index (χ0n) is 11.6. The van der Waals surface area contributed by atoms with Gasteiger partial charge in [-0.05, 0) is 49.9 Å². The van der Waals surface area contributed by atoms with Crippen LogP contribution in [-0.4, -0.2) is 17.6 Å². The number of nitrogens with two attached hydrogens (primary N) is 1. The molecule has 114 valence electrons. The van der Waals surface area contributed by atoms with Crippen LogP contribution in [0.1, 0.15) is 32.1 Å². The SMILES string of the molecule is NC1=NC2(CCCCC2)N=C(Nc2ccc(Br)cc2)N1.[Cl-]. The van der Waals surface area contributed by atoms with Gasteiger partial charge in [-0.2, -0.15) is 0 Å². The third kappa shape index (κ3) is 3.89. The largest absolute Gasteiger partial charge is 1.00 e. The lowest BCUT2D eigenvalue weighted by atomic mass is 9.90. The average Bonchev–Trinajstić information content (AvgIpc) is 2.41. The number of hydrogen-bond donors (Lipinski definition) is 3. The van der Waals surface area contributed by atoms with Gasteiger partial charge < -0.3 is 23.5 Å². The fourth-order valence-electron chi connectivity index (χ4n) is 2.71. The molecule has 7 heteroatoms. The number of nitrogens with one attached hydrogen (secondary N) is 2. The molecule has 0 radical (unpaired) electrons. The summed E-state index contributed by atoms with van der Waals surface area (Å²) in [5, 5.41) is 6.27. The Hall–Kier alpha value is -1.27. The van der Waals surface area contributed by atoms with Crippen molar-refractivity contribution in [2.75, 3.05) is 5.32 Å². The molecule has 3 rings (SSSR count). The summed E-state index contributed by atoms with van der Waals surface area (Å²) in [6.07, 6.45) is 5.52. The number of benzene rings is 1. The highest BCUT2D eigenvalue weighted by molar-refractivity contribution is 9.10. The van der Waals surface area contributed by atoms with Gasteiger partial charge in [0.05, 0.1) is 0 Å². The van der Waals surface area contributed by atoms with Crippen molar-refractivity contribution in [1.82, 2.24) is 5.32 Å². The van der Waals surface area contributed by atoms with Crippen molar-refractivity contribution in [1.29, 1.82) is 0 Å². The second-order valence-electron chi connectivity index (χ2n) is 5.26. The summed E-state index contributed by atoms with van der Waals surface area (Å²) >= 11 is 3.42. The van der Waals surface area contributed by atoms with Crippen LogP contribution in [0.15, 0.2) is 38.7 Å². The molecule has 0 saturated heterocycles. The van der Waals surface area contributed by atoms with E-state index in [4.69, 9.17) is 10.7 Å². The molecule has 0 amide bonds. The molecule has 1 fully saturated rings. The van der Waals surface area contributed by atoms with Gasteiger partial charge in [-0.3, -0.25) is 5.32 Å². The van der Waals surface area contributed by atoms with E-state index in [2.05, 4.69) is 31.6 Å². The fraction of sp³-hybridized carbons (Fsp3) is 0.429. The van der Waals surface area contributed by atoms with E-state index >= 15 is 0 Å². The van der Waals surface area contributed by atoms with Crippen molar-refractivity contribution in [3.63, 3.8) is 0 Å². The zero-order valence-corrected chi connectivity index (χ0v) is 13.9. The lowest BCUT2D eigenvalue weighted by Crippen LogP contribution is -3.00. The Morgan fingerprint density at radius 2 is 1.76 bits per heavy atom. The van der Waals surface area contributed by atoms with Gasteiger partial charge in [0.15, 0.2) is 11.6 Å². The Morgan fingerprint density at radius 1 is 1.10 bits per heavy atom. The molecule has 0 aromatic heterocycles. The first-order valence-electron chi connectivity index (χ1n) is 6.90. The topological polar surface area (TPSA) is 74.8 Å². The van der Waals surface area contributed by atoms with E-state index in [1.165, 1.54) is 6.42 Å². The van der Waals surface area contributed by atoms with Crippen LogP contribution in [-0.2, 0) is 0 Å². The van der Waals surface area contributed by atoms with Crippen LogP contribution in [0.5, 0.6) is 0 Å². The molecular weight excluding hydrogens is 354 g/mol. The number of aliphatic imine (C=N–C) groups is 2. The van der Waals surface area contributed by atoms with Gasteiger partial charge in [0.25, 0.3) is 0 Å². The molecule has 0 unspecified atom stereocenters. The van der Waals surface area contributed by atoms with E-state index < -0.39 is 0 Å². The summed E-state index contributed by atoms with van der Waals surface area (Å²) in [5.41, 5.74) is 6.54. The Kier molecular flexibility index (Phi) is 5.11. The summed E-state index contributed by atoms with van der Waals surface area (Å²) in [7, 11) is 0. The van der Waals surface area contributed by atoms with Crippen LogP contribution in [0.3, 0.4) is 0 Å². The molecule has 21 heavy (non-hydrogen) atoms. The van der Waals surface area contributed by atoms with E-state index in [0.717, 1.165) is 35.8 Å². The molecule has 1 aliphatic heterocycles. The number of rotatable bonds is 1. The average molecular weight is 372 g/mol. The molecule has 1 heterocycles. The maximum atomic E-state index is 5.92. The predicted octanol–water partition coefficient (Wildman–Crippen LogP) is -0.201. The molecule has 0 atom stereocenters. The lowest BCUT2D eigenvalue weighted by molar-refractivity contribution is -0.00000483. The highest BCUT2D eigenvalue weighted by atomic mass is 79.9. The van der Waals surface area contributed by atoms with Crippen molar-refractivity contribution in [3.05, 3.63) is 28.7 Å². The van der Waals surface area contributed by atoms with Crippen LogP contribution in [0, 0.1) is 0 Å². The van der Waals surface area contributed by atoms with Crippen LogP contribution in [0.4, 0.5) is 5.69 Å². The molecule has 0 bridgehead atoms. The summed E-state index contributed by atoms with van der Waals surface area (Å²) < 4.78 is 1.05. The van der Waals surface area contributed by atoms with Gasteiger partial charge in [0, 0.05) is 10.2 Å². The summed E-state index contributed by atoms with van der Waals surface area (Å²) in [4.78, 5) is 9.28. The Morgan fingerprint density at radius 3 is 2.43 bits per heavy atom.